The molecule has 0 aromatic heterocycles. The molecule has 0 aliphatic carbocycles. The first-order valence-electron chi connectivity index (χ1n) is 13.4. The summed E-state index contributed by atoms with van der Waals surface area (Å²) in [6.07, 6.45) is 12.8. The molecule has 2 saturated heterocycles. The Bertz CT molecular complexity index is 842. The number of nitrogens with one attached hydrogen (secondary N) is 3. The van der Waals surface area contributed by atoms with Gasteiger partial charge in [0.15, 0.2) is 0 Å². The molecule has 0 aromatic carbocycles. The first-order valence-corrected chi connectivity index (χ1v) is 16.8. The zero-order valence-electron chi connectivity index (χ0n) is 21.8. The van der Waals surface area contributed by atoms with Crippen molar-refractivity contribution in [2.45, 2.75) is 88.0 Å². The number of urea groups is 1. The number of hydrogen-bond donors (Lipinski definition) is 4. The SMILES string of the molecule is C[C@]12CSC(CCCCC(=O)NCCCCCCN(N)C(=O)CCSSC3=NCCC=C3)[C@H]1NC(=O)N2. The first kappa shape index (κ1) is 30.2. The maximum atomic E-state index is 12.2. The van der Waals surface area contributed by atoms with E-state index in [-0.39, 0.29) is 29.4 Å². The number of unbranched alkanes of at least 4 members (excludes halogenated alkanes) is 4. The fourth-order valence-electron chi connectivity index (χ4n) is 4.68. The molecule has 3 heterocycles. The van der Waals surface area contributed by atoms with E-state index in [0.717, 1.165) is 74.5 Å². The summed E-state index contributed by atoms with van der Waals surface area (Å²) in [5, 5.41) is 11.9. The summed E-state index contributed by atoms with van der Waals surface area (Å²) < 4.78 is 0. The van der Waals surface area contributed by atoms with Gasteiger partial charge in [0.2, 0.25) is 11.8 Å². The summed E-state index contributed by atoms with van der Waals surface area (Å²) in [4.78, 5) is 40.3. The van der Waals surface area contributed by atoms with E-state index in [9.17, 15) is 14.4 Å². The van der Waals surface area contributed by atoms with Crippen LogP contribution in [-0.2, 0) is 9.59 Å². The van der Waals surface area contributed by atoms with Crippen LogP contribution in [-0.4, -0.2) is 75.9 Å². The Morgan fingerprint density at radius 3 is 2.89 bits per heavy atom. The van der Waals surface area contributed by atoms with Crippen molar-refractivity contribution < 1.29 is 14.4 Å². The number of nitrogens with two attached hydrogens (primary N) is 1. The Labute approximate surface area is 233 Å². The molecule has 0 aromatic rings. The van der Waals surface area contributed by atoms with Crippen LogP contribution in [0.25, 0.3) is 0 Å². The molecular formula is C25H42N6O3S3. The molecule has 0 saturated carbocycles. The molecule has 4 amide bonds. The van der Waals surface area contributed by atoms with Gasteiger partial charge in [-0.25, -0.2) is 10.6 Å². The van der Waals surface area contributed by atoms with Crippen molar-refractivity contribution in [3.8, 4) is 0 Å². The highest BCUT2D eigenvalue weighted by atomic mass is 33.1. The number of amides is 4. The highest BCUT2D eigenvalue weighted by molar-refractivity contribution is 8.82. The third-order valence-electron chi connectivity index (χ3n) is 6.82. The van der Waals surface area contributed by atoms with Gasteiger partial charge in [-0.3, -0.25) is 19.6 Å². The molecule has 2 fully saturated rings. The van der Waals surface area contributed by atoms with Gasteiger partial charge in [-0.1, -0.05) is 36.1 Å². The summed E-state index contributed by atoms with van der Waals surface area (Å²) in [5.41, 5.74) is -0.136. The third kappa shape index (κ3) is 10.4. The zero-order valence-corrected chi connectivity index (χ0v) is 24.3. The molecule has 5 N–H and O–H groups in total. The van der Waals surface area contributed by atoms with Crippen molar-refractivity contribution in [2.75, 3.05) is 31.1 Å². The lowest BCUT2D eigenvalue weighted by Gasteiger charge is -2.23. The number of fused-ring (bicyclic) bond motifs is 1. The molecular weight excluding hydrogens is 529 g/mol. The van der Waals surface area contributed by atoms with Gasteiger partial charge in [-0.05, 0) is 55.9 Å². The van der Waals surface area contributed by atoms with Crippen molar-refractivity contribution in [1.82, 2.24) is 21.0 Å². The maximum absolute atomic E-state index is 12.2. The standard InChI is InChI=1S/C25H42N6O3S3/c1-25-18-35-19(23(25)29-24(34)30-25)10-4-5-11-20(32)27-14-7-2-3-9-16-31(26)22(33)13-17-36-37-21-12-6-8-15-28-21/h6,12,19,23H,2-5,7-11,13-18,26H2,1H3,(H,27,32)(H2,29,30,34)/t19?,23-,25+/m1/s1. The van der Waals surface area contributed by atoms with Crippen molar-refractivity contribution in [3.63, 3.8) is 0 Å². The number of hydrogen-bond acceptors (Lipinski definition) is 8. The molecule has 3 rings (SSSR count). The first-order chi connectivity index (χ1) is 17.9. The van der Waals surface area contributed by atoms with Crippen LogP contribution in [0.5, 0.6) is 0 Å². The van der Waals surface area contributed by atoms with Gasteiger partial charge >= 0.3 is 6.03 Å². The summed E-state index contributed by atoms with van der Waals surface area (Å²) >= 11 is 1.91. The Balaban J connectivity index is 1.10. The summed E-state index contributed by atoms with van der Waals surface area (Å²) in [5.74, 6) is 7.66. The average Bonchev–Trinajstić information content (AvgIpc) is 3.35. The summed E-state index contributed by atoms with van der Waals surface area (Å²) in [7, 11) is 3.26. The highest BCUT2D eigenvalue weighted by Gasteiger charge is 2.51. The van der Waals surface area contributed by atoms with Crippen LogP contribution in [0.3, 0.4) is 0 Å². The van der Waals surface area contributed by atoms with E-state index in [2.05, 4.69) is 33.9 Å². The lowest BCUT2D eigenvalue weighted by atomic mass is 9.92. The number of rotatable bonds is 16. The van der Waals surface area contributed by atoms with Crippen molar-refractivity contribution >= 4 is 56.2 Å². The van der Waals surface area contributed by atoms with Crippen LogP contribution >= 0.6 is 33.3 Å². The van der Waals surface area contributed by atoms with Crippen LogP contribution in [0.15, 0.2) is 17.1 Å². The number of hydrazine groups is 1. The van der Waals surface area contributed by atoms with Crippen molar-refractivity contribution in [1.29, 1.82) is 0 Å². The maximum Gasteiger partial charge on any atom is 0.315 e. The van der Waals surface area contributed by atoms with E-state index in [1.165, 1.54) is 5.01 Å². The second kappa shape index (κ2) is 15.9. The van der Waals surface area contributed by atoms with E-state index in [1.807, 2.05) is 17.8 Å². The Morgan fingerprint density at radius 2 is 2.08 bits per heavy atom. The largest absolute Gasteiger partial charge is 0.356 e. The summed E-state index contributed by atoms with van der Waals surface area (Å²) in [6, 6.07) is 0.125. The normalized spacial score (nSPS) is 24.3. The summed E-state index contributed by atoms with van der Waals surface area (Å²) in [6.45, 7) is 4.21. The molecule has 12 heteroatoms. The average molecular weight is 571 g/mol. The third-order valence-corrected chi connectivity index (χ3v) is 10.8. The monoisotopic (exact) mass is 570 g/mol. The molecule has 0 bridgehead atoms. The Kier molecular flexibility index (Phi) is 13.0. The number of carbonyl (C=O) groups excluding carboxylic acids is 3. The molecule has 0 spiro atoms. The second-order valence-corrected chi connectivity index (χ2v) is 13.7. The number of dihydropyridines is 1. The molecule has 3 aliphatic heterocycles. The predicted octanol–water partition coefficient (Wildman–Crippen LogP) is 3.61. The van der Waals surface area contributed by atoms with Crippen molar-refractivity contribution in [2.24, 2.45) is 10.8 Å². The number of carbonyl (C=O) groups is 3. The van der Waals surface area contributed by atoms with E-state index in [4.69, 9.17) is 5.84 Å². The molecule has 0 radical (unpaired) electrons. The van der Waals surface area contributed by atoms with E-state index < -0.39 is 0 Å². The molecule has 1 unspecified atom stereocenters. The van der Waals surface area contributed by atoms with Gasteiger partial charge in [0.05, 0.1) is 11.6 Å². The van der Waals surface area contributed by atoms with Gasteiger partial charge in [0, 0.05) is 49.2 Å². The smallest absolute Gasteiger partial charge is 0.315 e. The van der Waals surface area contributed by atoms with Crippen LogP contribution in [0.2, 0.25) is 0 Å². The molecule has 3 aliphatic rings. The quantitative estimate of drug-likeness (QED) is 0.0557. The van der Waals surface area contributed by atoms with Crippen molar-refractivity contribution in [3.05, 3.63) is 12.2 Å². The predicted molar refractivity (Wildman–Crippen MR) is 157 cm³/mol. The Hall–Kier alpha value is -1.37. The van der Waals surface area contributed by atoms with E-state index >= 15 is 0 Å². The minimum atomic E-state index is -0.136. The highest BCUT2D eigenvalue weighted by Crippen LogP contribution is 2.39. The molecule has 208 valence electrons. The van der Waals surface area contributed by atoms with Crippen LogP contribution < -0.4 is 21.8 Å². The minimum absolute atomic E-state index is 0.0216. The molecule has 9 nitrogen and oxygen atoms in total. The number of thioether (sulfide) groups is 1. The van der Waals surface area contributed by atoms with Gasteiger partial charge in [0.1, 0.15) is 5.04 Å². The lowest BCUT2D eigenvalue weighted by Crippen LogP contribution is -2.47. The Morgan fingerprint density at radius 1 is 1.24 bits per heavy atom. The van der Waals surface area contributed by atoms with Gasteiger partial charge in [-0.2, -0.15) is 11.8 Å². The van der Waals surface area contributed by atoms with Gasteiger partial charge < -0.3 is 16.0 Å². The molecule has 3 atom stereocenters. The number of aliphatic imine (C=N–C) groups is 1. The number of nitrogens with zero attached hydrogens (tertiary/aromatic N) is 2. The zero-order chi connectivity index (χ0) is 26.5. The van der Waals surface area contributed by atoms with Gasteiger partial charge in [-0.15, -0.1) is 0 Å². The topological polar surface area (TPSA) is 129 Å². The lowest BCUT2D eigenvalue weighted by molar-refractivity contribution is -0.131. The molecule has 37 heavy (non-hydrogen) atoms. The van der Waals surface area contributed by atoms with Crippen LogP contribution in [0.1, 0.15) is 71.1 Å². The van der Waals surface area contributed by atoms with Crippen LogP contribution in [0, 0.1) is 0 Å². The fourth-order valence-corrected chi connectivity index (χ4v) is 8.33. The van der Waals surface area contributed by atoms with Gasteiger partial charge in [0.25, 0.3) is 0 Å². The van der Waals surface area contributed by atoms with E-state index in [1.54, 1.807) is 21.6 Å². The minimum Gasteiger partial charge on any atom is -0.356 e. The van der Waals surface area contributed by atoms with Crippen LogP contribution in [0.4, 0.5) is 4.79 Å². The van der Waals surface area contributed by atoms with E-state index in [0.29, 0.717) is 31.2 Å². The fraction of sp³-hybridized carbons (Fsp3) is 0.760. The second-order valence-electron chi connectivity index (χ2n) is 10.0.